The Balaban J connectivity index is 1.31. The molecule has 0 radical (unpaired) electrons. The lowest BCUT2D eigenvalue weighted by Crippen LogP contribution is -2.55. The average Bonchev–Trinajstić information content (AvgIpc) is 3.44. The number of aliphatic imine (C=N–C) groups is 1. The van der Waals surface area contributed by atoms with E-state index in [1.165, 1.54) is 11.8 Å². The lowest BCUT2D eigenvalue weighted by molar-refractivity contribution is 0.122. The van der Waals surface area contributed by atoms with Gasteiger partial charge >= 0.3 is 0 Å². The number of carbonyl (C=O) groups excluding carboxylic acids is 1. The van der Waals surface area contributed by atoms with Crippen molar-refractivity contribution in [2.24, 2.45) is 17.5 Å². The molecule has 1 saturated carbocycles. The Bertz CT molecular complexity index is 1340. The van der Waals surface area contributed by atoms with Crippen LogP contribution in [-0.4, -0.2) is 67.0 Å². The first-order chi connectivity index (χ1) is 18.0. The van der Waals surface area contributed by atoms with Crippen LogP contribution in [0.4, 0.5) is 0 Å². The van der Waals surface area contributed by atoms with Gasteiger partial charge in [-0.2, -0.15) is 5.10 Å². The van der Waals surface area contributed by atoms with Crippen molar-refractivity contribution in [3.05, 3.63) is 40.2 Å². The van der Waals surface area contributed by atoms with Crippen LogP contribution in [0, 0.1) is 5.41 Å². The molecule has 2 fully saturated rings. The Hall–Kier alpha value is -1.94. The number of halogens is 1. The number of likely N-dealkylation sites (N-methyl/N-ethyl adjacent to an activating group) is 1. The van der Waals surface area contributed by atoms with Gasteiger partial charge in [0.05, 0.1) is 21.5 Å². The van der Waals surface area contributed by atoms with Gasteiger partial charge in [0, 0.05) is 61.2 Å². The monoisotopic (exact) mass is 574 g/mol. The minimum atomic E-state index is -1.08. The molecule has 5 rings (SSSR count). The van der Waals surface area contributed by atoms with Crippen LogP contribution < -0.4 is 4.72 Å². The van der Waals surface area contributed by atoms with Crippen LogP contribution in [0.1, 0.15) is 52.9 Å². The number of fused-ring (bicyclic) bond motifs is 1. The molecule has 1 aromatic carbocycles. The fourth-order valence-electron chi connectivity index (χ4n) is 5.75. The first-order valence-corrected chi connectivity index (χ1v) is 15.4. The lowest BCUT2D eigenvalue weighted by atomic mass is 9.74. The molecular weight excluding hydrogens is 540 g/mol. The standard InChI is InChI=1S/C27H35ClN6O2S2/c1-26(2,3)38(36)31-23-7-6-10-27(23)11-13-34(14-12-27)25-29-15-22(20(17-35)33(25)5)37-21-9-8-19-18(24(21)28)16-32(4)30-19/h8-9,15-16,23,31H,6-7,10-14H2,1-5H3/t23-,38?/m1/s1. The van der Waals surface area contributed by atoms with Crippen molar-refractivity contribution in [1.82, 2.24) is 24.3 Å². The highest BCUT2D eigenvalue weighted by molar-refractivity contribution is 8.03. The predicted molar refractivity (Wildman–Crippen MR) is 156 cm³/mol. The summed E-state index contributed by atoms with van der Waals surface area (Å²) in [6.07, 6.45) is 9.04. The van der Waals surface area contributed by atoms with Gasteiger partial charge in [-0.3, -0.25) is 4.68 Å². The lowest BCUT2D eigenvalue weighted by Gasteiger charge is -2.45. The molecule has 2 atom stereocenters. The van der Waals surface area contributed by atoms with E-state index in [-0.39, 0.29) is 16.2 Å². The molecule has 1 N–H and O–H groups in total. The van der Waals surface area contributed by atoms with Gasteiger partial charge in [0.1, 0.15) is 10.4 Å². The molecule has 204 valence electrons. The van der Waals surface area contributed by atoms with E-state index in [2.05, 4.69) is 20.7 Å². The van der Waals surface area contributed by atoms with Gasteiger partial charge in [-0.05, 0) is 64.0 Å². The van der Waals surface area contributed by atoms with E-state index in [4.69, 9.17) is 16.6 Å². The third-order valence-electron chi connectivity index (χ3n) is 7.94. The molecule has 0 bridgehead atoms. The number of rotatable bonds is 4. The number of nitrogens with zero attached hydrogens (tertiary/aromatic N) is 5. The summed E-state index contributed by atoms with van der Waals surface area (Å²) in [5.41, 5.74) is 1.44. The van der Waals surface area contributed by atoms with E-state index in [0.717, 1.165) is 67.0 Å². The number of nitrogens with one attached hydrogen (secondary N) is 1. The summed E-state index contributed by atoms with van der Waals surface area (Å²) in [7, 11) is 3.74. The van der Waals surface area contributed by atoms with Crippen LogP contribution in [0.5, 0.6) is 0 Å². The van der Waals surface area contributed by atoms with E-state index in [9.17, 15) is 9.35 Å². The summed E-state index contributed by atoms with van der Waals surface area (Å²) in [5, 5.41) is 5.89. The third-order valence-corrected chi connectivity index (χ3v) is 11.1. The molecule has 2 aliphatic heterocycles. The molecule has 3 heterocycles. The highest BCUT2D eigenvalue weighted by atomic mass is 35.5. The summed E-state index contributed by atoms with van der Waals surface area (Å²) in [5.74, 6) is 2.90. The fraction of sp³-hybridized carbons (Fsp3) is 0.556. The minimum Gasteiger partial charge on any atom is -0.598 e. The van der Waals surface area contributed by atoms with Gasteiger partial charge in [-0.1, -0.05) is 29.8 Å². The third kappa shape index (κ3) is 5.15. The number of piperidine rings is 1. The Kier molecular flexibility index (Phi) is 7.68. The van der Waals surface area contributed by atoms with Crippen molar-refractivity contribution in [3.8, 4) is 0 Å². The van der Waals surface area contributed by atoms with Gasteiger partial charge in [-0.25, -0.2) is 9.79 Å². The van der Waals surface area contributed by atoms with Crippen LogP contribution in [-0.2, 0) is 23.2 Å². The number of benzene rings is 1. The van der Waals surface area contributed by atoms with Crippen LogP contribution in [0.15, 0.2) is 45.0 Å². The van der Waals surface area contributed by atoms with Gasteiger partial charge < -0.3 is 14.4 Å². The number of thioether (sulfide) groups is 1. The number of guanidine groups is 1. The molecule has 11 heteroatoms. The van der Waals surface area contributed by atoms with Crippen molar-refractivity contribution in [3.63, 3.8) is 0 Å². The summed E-state index contributed by atoms with van der Waals surface area (Å²) in [6.45, 7) is 7.73. The largest absolute Gasteiger partial charge is 0.598 e. The Morgan fingerprint density at radius 3 is 2.66 bits per heavy atom. The van der Waals surface area contributed by atoms with Crippen LogP contribution in [0.25, 0.3) is 10.9 Å². The van der Waals surface area contributed by atoms with E-state index < -0.39 is 11.4 Å². The Morgan fingerprint density at radius 1 is 1.24 bits per heavy atom. The van der Waals surface area contributed by atoms with Crippen molar-refractivity contribution in [1.29, 1.82) is 0 Å². The van der Waals surface area contributed by atoms with Crippen molar-refractivity contribution >= 4 is 57.5 Å². The van der Waals surface area contributed by atoms with Crippen LogP contribution in [0.2, 0.25) is 5.02 Å². The molecule has 8 nitrogen and oxygen atoms in total. The first-order valence-electron chi connectivity index (χ1n) is 13.0. The maximum absolute atomic E-state index is 12.8. The topological polar surface area (TPSA) is 88.8 Å². The number of hydrogen-bond acceptors (Lipinski definition) is 8. The van der Waals surface area contributed by atoms with Gasteiger partial charge in [0.25, 0.3) is 0 Å². The summed E-state index contributed by atoms with van der Waals surface area (Å²) < 4.78 is 17.8. The molecule has 3 aliphatic rings. The second kappa shape index (κ2) is 10.6. The molecule has 1 aliphatic carbocycles. The van der Waals surface area contributed by atoms with Gasteiger partial charge in [-0.15, -0.1) is 4.72 Å². The normalized spacial score (nSPS) is 22.6. The smallest absolute Gasteiger partial charge is 0.206 e. The molecule has 1 spiro atoms. The summed E-state index contributed by atoms with van der Waals surface area (Å²) >= 11 is 7.02. The zero-order chi connectivity index (χ0) is 27.2. The number of aryl methyl sites for hydroxylation is 1. The van der Waals surface area contributed by atoms with Crippen molar-refractivity contribution in [2.75, 3.05) is 20.1 Å². The Labute approximate surface area is 236 Å². The van der Waals surface area contributed by atoms with E-state index >= 15 is 0 Å². The molecule has 1 unspecified atom stereocenters. The highest BCUT2D eigenvalue weighted by Crippen LogP contribution is 2.47. The van der Waals surface area contributed by atoms with Gasteiger partial charge in [0.15, 0.2) is 5.94 Å². The molecule has 1 saturated heterocycles. The molecule has 1 aromatic heterocycles. The van der Waals surface area contributed by atoms with Crippen molar-refractivity contribution < 1.29 is 9.35 Å². The Morgan fingerprint density at radius 2 is 1.97 bits per heavy atom. The second-order valence-electron chi connectivity index (χ2n) is 11.4. The zero-order valence-corrected chi connectivity index (χ0v) is 25.0. The maximum Gasteiger partial charge on any atom is 0.206 e. The SMILES string of the molecule is CN1C(=C=O)C(Sc2ccc3nn(C)cc3c2Cl)=CN=C1N1CCC2(CCC[C@H]2N[S+]([O-])C(C)(C)C)CC1. The zero-order valence-electron chi connectivity index (χ0n) is 22.6. The van der Waals surface area contributed by atoms with Crippen LogP contribution in [0.3, 0.4) is 0 Å². The van der Waals surface area contributed by atoms with E-state index in [1.807, 2.05) is 58.1 Å². The molecular formula is C27H35ClN6O2S2. The number of likely N-dealkylation sites (tertiary alicyclic amines) is 1. The fourth-order valence-corrected chi connectivity index (χ4v) is 8.01. The average molecular weight is 575 g/mol. The van der Waals surface area contributed by atoms with Crippen molar-refractivity contribution in [2.45, 2.75) is 68.6 Å². The molecule has 38 heavy (non-hydrogen) atoms. The number of hydrogen-bond donors (Lipinski definition) is 1. The summed E-state index contributed by atoms with van der Waals surface area (Å²) in [4.78, 5) is 22.5. The number of aromatic nitrogens is 2. The first kappa shape index (κ1) is 27.6. The molecule has 0 amide bonds. The van der Waals surface area contributed by atoms with Gasteiger partial charge in [0.2, 0.25) is 5.96 Å². The highest BCUT2D eigenvalue weighted by Gasteiger charge is 2.48. The predicted octanol–water partition coefficient (Wildman–Crippen LogP) is 4.86. The summed E-state index contributed by atoms with van der Waals surface area (Å²) in [6, 6.07) is 4.13. The van der Waals surface area contributed by atoms with E-state index in [1.54, 1.807) is 10.9 Å². The second-order valence-corrected chi connectivity index (χ2v) is 14.9. The maximum atomic E-state index is 12.8. The molecule has 2 aromatic rings. The van der Waals surface area contributed by atoms with E-state index in [0.29, 0.717) is 15.6 Å². The van der Waals surface area contributed by atoms with Crippen LogP contribution >= 0.6 is 23.4 Å². The quantitative estimate of drug-likeness (QED) is 0.412. The minimum absolute atomic E-state index is 0.160.